The molecule has 0 aromatic carbocycles. The number of halogens is 2. The lowest BCUT2D eigenvalue weighted by Crippen LogP contribution is -2.37. The topological polar surface area (TPSA) is 46.2 Å². The second kappa shape index (κ2) is 3.27. The SMILES string of the molecule is C=CC(F)(F)S(=O)(=O)NCC. The molecular weight excluding hydrogens is 176 g/mol. The van der Waals surface area contributed by atoms with Crippen LogP contribution in [0.3, 0.4) is 0 Å². The molecule has 11 heavy (non-hydrogen) atoms. The Kier molecular flexibility index (Phi) is 3.13. The molecule has 0 atom stereocenters. The highest BCUT2D eigenvalue weighted by molar-refractivity contribution is 7.90. The second-order valence-corrected chi connectivity index (χ2v) is 3.61. The Bertz CT molecular complexity index is 235. The summed E-state index contributed by atoms with van der Waals surface area (Å²) in [6.45, 7) is 4.06. The molecule has 0 amide bonds. The summed E-state index contributed by atoms with van der Waals surface area (Å²) in [4.78, 5) is 0. The Hall–Kier alpha value is -0.490. The van der Waals surface area contributed by atoms with E-state index in [4.69, 9.17) is 0 Å². The minimum atomic E-state index is -4.56. The minimum absolute atomic E-state index is 0.0637. The van der Waals surface area contributed by atoms with Crippen LogP contribution in [0.4, 0.5) is 8.78 Å². The molecule has 0 aromatic heterocycles. The molecule has 0 saturated carbocycles. The van der Waals surface area contributed by atoms with E-state index in [2.05, 4.69) is 6.58 Å². The van der Waals surface area contributed by atoms with E-state index in [0.29, 0.717) is 0 Å². The van der Waals surface area contributed by atoms with Gasteiger partial charge in [0.15, 0.2) is 0 Å². The van der Waals surface area contributed by atoms with Crippen molar-refractivity contribution in [1.82, 2.24) is 4.72 Å². The van der Waals surface area contributed by atoms with Crippen molar-refractivity contribution in [1.29, 1.82) is 0 Å². The Morgan fingerprint density at radius 3 is 2.36 bits per heavy atom. The van der Waals surface area contributed by atoms with E-state index in [1.54, 1.807) is 4.72 Å². The molecule has 0 rings (SSSR count). The third kappa shape index (κ3) is 2.23. The van der Waals surface area contributed by atoms with Gasteiger partial charge in [0.1, 0.15) is 0 Å². The summed E-state index contributed by atoms with van der Waals surface area (Å²) < 4.78 is 47.5. The van der Waals surface area contributed by atoms with Gasteiger partial charge in [-0.1, -0.05) is 13.5 Å². The lowest BCUT2D eigenvalue weighted by atomic mass is 10.7. The number of sulfonamides is 1. The maximum absolute atomic E-state index is 12.3. The Labute approximate surface area is 64.2 Å². The smallest absolute Gasteiger partial charge is 0.210 e. The standard InChI is InChI=1S/C5H9F2NO2S/c1-3-5(6,7)11(9,10)8-4-2/h3,8H,1,4H2,2H3. The first-order chi connectivity index (χ1) is 4.87. The molecule has 66 valence electrons. The molecule has 0 fully saturated rings. The van der Waals surface area contributed by atoms with Gasteiger partial charge in [-0.15, -0.1) is 0 Å². The molecule has 0 saturated heterocycles. The molecule has 0 radical (unpaired) electrons. The summed E-state index contributed by atoms with van der Waals surface area (Å²) in [5.74, 6) is 0. The highest BCUT2D eigenvalue weighted by atomic mass is 32.2. The average Bonchev–Trinajstić information content (AvgIpc) is 1.87. The van der Waals surface area contributed by atoms with Gasteiger partial charge < -0.3 is 0 Å². The lowest BCUT2D eigenvalue weighted by Gasteiger charge is -2.11. The third-order valence-corrected chi connectivity index (χ3v) is 2.48. The first kappa shape index (κ1) is 10.5. The van der Waals surface area contributed by atoms with Gasteiger partial charge in [-0.25, -0.2) is 13.1 Å². The average molecular weight is 185 g/mol. The maximum atomic E-state index is 12.3. The van der Waals surface area contributed by atoms with Gasteiger partial charge >= 0.3 is 5.25 Å². The van der Waals surface area contributed by atoms with Crippen molar-refractivity contribution in [3.05, 3.63) is 12.7 Å². The summed E-state index contributed by atoms with van der Waals surface area (Å²) in [5.41, 5.74) is 0. The molecule has 0 aliphatic carbocycles. The monoisotopic (exact) mass is 185 g/mol. The van der Waals surface area contributed by atoms with Crippen molar-refractivity contribution < 1.29 is 17.2 Å². The molecule has 0 aliphatic heterocycles. The van der Waals surface area contributed by atoms with Crippen LogP contribution in [0.2, 0.25) is 0 Å². The number of rotatable bonds is 4. The first-order valence-electron chi connectivity index (χ1n) is 2.88. The van der Waals surface area contributed by atoms with Crippen LogP contribution >= 0.6 is 0 Å². The Balaban J connectivity index is 4.69. The van der Waals surface area contributed by atoms with Crippen LogP contribution in [0.5, 0.6) is 0 Å². The third-order valence-electron chi connectivity index (χ3n) is 0.930. The van der Waals surface area contributed by atoms with Gasteiger partial charge in [-0.3, -0.25) is 0 Å². The van der Waals surface area contributed by atoms with Crippen LogP contribution in [0.1, 0.15) is 6.92 Å². The van der Waals surface area contributed by atoms with Crippen LogP contribution in [0.25, 0.3) is 0 Å². The normalized spacial score (nSPS) is 13.0. The van der Waals surface area contributed by atoms with E-state index in [9.17, 15) is 17.2 Å². The molecule has 0 heterocycles. The second-order valence-electron chi connectivity index (χ2n) is 1.77. The number of hydrogen-bond acceptors (Lipinski definition) is 2. The van der Waals surface area contributed by atoms with Crippen molar-refractivity contribution in [2.45, 2.75) is 12.2 Å². The van der Waals surface area contributed by atoms with Gasteiger partial charge in [0, 0.05) is 6.54 Å². The molecule has 6 heteroatoms. The zero-order valence-electron chi connectivity index (χ0n) is 5.97. The van der Waals surface area contributed by atoms with Crippen molar-refractivity contribution in [3.8, 4) is 0 Å². The highest BCUT2D eigenvalue weighted by Crippen LogP contribution is 2.20. The molecule has 1 N–H and O–H groups in total. The van der Waals surface area contributed by atoms with Crippen molar-refractivity contribution in [3.63, 3.8) is 0 Å². The summed E-state index contributed by atoms with van der Waals surface area (Å²) in [6, 6.07) is 0. The number of alkyl halides is 2. The Morgan fingerprint density at radius 1 is 1.64 bits per heavy atom. The molecule has 0 aromatic rings. The van der Waals surface area contributed by atoms with E-state index in [0.717, 1.165) is 0 Å². The van der Waals surface area contributed by atoms with Crippen LogP contribution in [-0.2, 0) is 10.0 Å². The quantitative estimate of drug-likeness (QED) is 0.655. The predicted octanol–water partition coefficient (Wildman–Crippen LogP) is 0.705. The fourth-order valence-corrected chi connectivity index (χ4v) is 1.19. The van der Waals surface area contributed by atoms with Crippen LogP contribution in [0.15, 0.2) is 12.7 Å². The molecule has 0 spiro atoms. The molecule has 0 bridgehead atoms. The van der Waals surface area contributed by atoms with Gasteiger partial charge in [0.2, 0.25) is 0 Å². The molecular formula is C5H9F2NO2S. The van der Waals surface area contributed by atoms with Gasteiger partial charge in [-0.05, 0) is 6.08 Å². The largest absolute Gasteiger partial charge is 0.377 e. The summed E-state index contributed by atoms with van der Waals surface area (Å²) in [5, 5.41) is -3.89. The molecule has 0 unspecified atom stereocenters. The van der Waals surface area contributed by atoms with Crippen LogP contribution < -0.4 is 4.72 Å². The molecule has 0 aliphatic rings. The molecule has 3 nitrogen and oxygen atoms in total. The maximum Gasteiger partial charge on any atom is 0.377 e. The van der Waals surface area contributed by atoms with Gasteiger partial charge in [0.05, 0.1) is 0 Å². The van der Waals surface area contributed by atoms with Gasteiger partial charge in [0.25, 0.3) is 10.0 Å². The fraction of sp³-hybridized carbons (Fsp3) is 0.600. The van der Waals surface area contributed by atoms with Gasteiger partial charge in [-0.2, -0.15) is 8.78 Å². The fourth-order valence-electron chi connectivity index (χ4n) is 0.396. The van der Waals surface area contributed by atoms with E-state index < -0.39 is 15.3 Å². The lowest BCUT2D eigenvalue weighted by molar-refractivity contribution is 0.145. The number of nitrogens with one attached hydrogen (secondary N) is 1. The number of hydrogen-bond donors (Lipinski definition) is 1. The highest BCUT2D eigenvalue weighted by Gasteiger charge is 2.40. The predicted molar refractivity (Wildman–Crippen MR) is 37.7 cm³/mol. The van der Waals surface area contributed by atoms with E-state index >= 15 is 0 Å². The van der Waals surface area contributed by atoms with E-state index in [-0.39, 0.29) is 12.6 Å². The van der Waals surface area contributed by atoms with Crippen molar-refractivity contribution in [2.75, 3.05) is 6.54 Å². The zero-order chi connectivity index (χ0) is 9.12. The van der Waals surface area contributed by atoms with Crippen LogP contribution in [-0.4, -0.2) is 20.2 Å². The van der Waals surface area contributed by atoms with E-state index in [1.807, 2.05) is 0 Å². The minimum Gasteiger partial charge on any atom is -0.210 e. The Morgan fingerprint density at radius 2 is 2.09 bits per heavy atom. The van der Waals surface area contributed by atoms with Crippen LogP contribution in [0, 0.1) is 0 Å². The summed E-state index contributed by atoms with van der Waals surface area (Å²) in [6.07, 6.45) is 0.0883. The summed E-state index contributed by atoms with van der Waals surface area (Å²) >= 11 is 0. The summed E-state index contributed by atoms with van der Waals surface area (Å²) in [7, 11) is -4.56. The van der Waals surface area contributed by atoms with Crippen molar-refractivity contribution in [2.24, 2.45) is 0 Å². The first-order valence-corrected chi connectivity index (χ1v) is 4.36. The van der Waals surface area contributed by atoms with Crippen molar-refractivity contribution >= 4 is 10.0 Å². The van der Waals surface area contributed by atoms with E-state index in [1.165, 1.54) is 6.92 Å². The zero-order valence-corrected chi connectivity index (χ0v) is 6.79.